The van der Waals surface area contributed by atoms with E-state index in [2.05, 4.69) is 177 Å². The van der Waals surface area contributed by atoms with E-state index < -0.39 is 0 Å². The van der Waals surface area contributed by atoms with Gasteiger partial charge in [0, 0.05) is 0 Å². The molecule has 1 unspecified atom stereocenters. The summed E-state index contributed by atoms with van der Waals surface area (Å²) in [6.45, 7) is 2.44. The minimum absolute atomic E-state index is 0.239. The van der Waals surface area contributed by atoms with Crippen LogP contribution in [0.2, 0.25) is 0 Å². The molecule has 238 valence electrons. The topological polar surface area (TPSA) is 0 Å². The van der Waals surface area contributed by atoms with Crippen LogP contribution in [0.15, 0.2) is 170 Å². The third-order valence-electron chi connectivity index (χ3n) is 11.3. The molecule has 0 bridgehead atoms. The van der Waals surface area contributed by atoms with Crippen molar-refractivity contribution in [2.24, 2.45) is 0 Å². The molecule has 0 spiro atoms. The Bertz CT molecular complexity index is 3080. The minimum atomic E-state index is -0.239. The second kappa shape index (κ2) is 11.1. The monoisotopic (exact) mass is 664 g/mol. The number of rotatable bonds is 2. The normalized spacial score (nSPS) is 14.1. The van der Waals surface area contributed by atoms with Crippen molar-refractivity contribution in [2.45, 2.75) is 6.16 Å². The lowest BCUT2D eigenvalue weighted by Gasteiger charge is -2.26. The Labute approximate surface area is 298 Å². The lowest BCUT2D eigenvalue weighted by molar-refractivity contribution is 1.38. The minimum Gasteiger partial charge on any atom is -0.0733 e. The first-order valence-electron chi connectivity index (χ1n) is 17.8. The van der Waals surface area contributed by atoms with Gasteiger partial charge >= 0.3 is 0 Å². The summed E-state index contributed by atoms with van der Waals surface area (Å²) in [6, 6.07) is 64.1. The van der Waals surface area contributed by atoms with Crippen LogP contribution in [0.5, 0.6) is 0 Å². The van der Waals surface area contributed by atoms with Gasteiger partial charge < -0.3 is 0 Å². The largest absolute Gasteiger partial charge is 0.0733 e. The van der Waals surface area contributed by atoms with Gasteiger partial charge in [-0.25, -0.2) is 0 Å². The standard InChI is InChI=1S/C50H33P/c1-51-30-41-8-4-5-9-42(41)49-28-40-15-12-32-11-14-37(27-47(32)48(40)29-50(49)51)36-17-21-44-39(26-36)19-23-45-43-20-16-35(25-38(43)18-22-46(44)45)34-13-10-31-6-2-3-7-33(31)24-34/h2-29H,30H2,1H3. The second-order valence-corrected chi connectivity index (χ2v) is 16.5. The van der Waals surface area contributed by atoms with Crippen LogP contribution in [-0.2, 0) is 6.16 Å². The van der Waals surface area contributed by atoms with Crippen LogP contribution in [0.1, 0.15) is 5.56 Å². The fourth-order valence-corrected chi connectivity index (χ4v) is 10.6. The predicted octanol–water partition coefficient (Wildman–Crippen LogP) is 13.9. The van der Waals surface area contributed by atoms with Crippen molar-refractivity contribution in [1.82, 2.24) is 0 Å². The van der Waals surface area contributed by atoms with Crippen molar-refractivity contribution >= 4 is 77.9 Å². The quantitative estimate of drug-likeness (QED) is 0.127. The van der Waals surface area contributed by atoms with Crippen LogP contribution in [0.25, 0.3) is 98.0 Å². The summed E-state index contributed by atoms with van der Waals surface area (Å²) in [4.78, 5) is 0. The molecule has 1 aliphatic rings. The molecule has 0 radical (unpaired) electrons. The van der Waals surface area contributed by atoms with Gasteiger partial charge in [-0.15, -0.1) is 0 Å². The summed E-state index contributed by atoms with van der Waals surface area (Å²) in [6.07, 6.45) is 1.16. The van der Waals surface area contributed by atoms with Gasteiger partial charge in [0.25, 0.3) is 0 Å². The highest BCUT2D eigenvalue weighted by molar-refractivity contribution is 7.64. The van der Waals surface area contributed by atoms with Gasteiger partial charge in [-0.1, -0.05) is 141 Å². The molecule has 51 heavy (non-hydrogen) atoms. The van der Waals surface area contributed by atoms with Gasteiger partial charge in [-0.3, -0.25) is 0 Å². The summed E-state index contributed by atoms with van der Waals surface area (Å²) < 4.78 is 0. The highest BCUT2D eigenvalue weighted by atomic mass is 31.1. The summed E-state index contributed by atoms with van der Waals surface area (Å²) in [5.41, 5.74) is 9.35. The molecule has 0 N–H and O–H groups in total. The molecule has 1 aliphatic heterocycles. The lowest BCUT2D eigenvalue weighted by atomic mass is 9.92. The van der Waals surface area contributed by atoms with Gasteiger partial charge in [-0.05, 0) is 158 Å². The first-order chi connectivity index (χ1) is 25.1. The number of benzene rings is 10. The van der Waals surface area contributed by atoms with E-state index >= 15 is 0 Å². The summed E-state index contributed by atoms with van der Waals surface area (Å²) in [5.74, 6) is 0. The van der Waals surface area contributed by atoms with Gasteiger partial charge in [0.15, 0.2) is 0 Å². The van der Waals surface area contributed by atoms with E-state index in [9.17, 15) is 0 Å². The van der Waals surface area contributed by atoms with Gasteiger partial charge in [-0.2, -0.15) is 0 Å². The molecule has 11 rings (SSSR count). The SMILES string of the molecule is CP1Cc2ccccc2-c2cc3ccc4ccc(-c5ccc6c(ccc7c8ccc(-c9ccc%10ccccc%10c9)cc8ccc67)c5)cc4c3cc21. The van der Waals surface area contributed by atoms with Crippen molar-refractivity contribution in [2.75, 3.05) is 6.66 Å². The smallest absolute Gasteiger partial charge is 0.00289 e. The fourth-order valence-electron chi connectivity index (χ4n) is 8.68. The Kier molecular flexibility index (Phi) is 6.30. The maximum atomic E-state index is 2.51. The van der Waals surface area contributed by atoms with Gasteiger partial charge in [0.05, 0.1) is 0 Å². The molecule has 0 aromatic heterocycles. The molecule has 10 aromatic rings. The fraction of sp³-hybridized carbons (Fsp3) is 0.0400. The molecule has 0 saturated heterocycles. The Balaban J connectivity index is 0.995. The average Bonchev–Trinajstić information content (AvgIpc) is 3.19. The highest BCUT2D eigenvalue weighted by Crippen LogP contribution is 2.47. The zero-order valence-electron chi connectivity index (χ0n) is 28.3. The zero-order chi connectivity index (χ0) is 33.6. The van der Waals surface area contributed by atoms with Gasteiger partial charge in [0.1, 0.15) is 0 Å². The molecule has 0 aliphatic carbocycles. The van der Waals surface area contributed by atoms with E-state index in [4.69, 9.17) is 0 Å². The van der Waals surface area contributed by atoms with Crippen LogP contribution in [0.4, 0.5) is 0 Å². The molecule has 1 heterocycles. The first-order valence-corrected chi connectivity index (χ1v) is 19.8. The van der Waals surface area contributed by atoms with Crippen molar-refractivity contribution in [3.63, 3.8) is 0 Å². The lowest BCUT2D eigenvalue weighted by Crippen LogP contribution is -2.12. The molecule has 0 saturated carbocycles. The van der Waals surface area contributed by atoms with Crippen LogP contribution in [-0.4, -0.2) is 6.66 Å². The molecule has 1 heteroatoms. The van der Waals surface area contributed by atoms with Gasteiger partial charge in [0.2, 0.25) is 0 Å². The molecular weight excluding hydrogens is 632 g/mol. The Hall–Kier alpha value is -5.81. The highest BCUT2D eigenvalue weighted by Gasteiger charge is 2.22. The third-order valence-corrected chi connectivity index (χ3v) is 13.3. The number of fused-ring (bicyclic) bond motifs is 12. The second-order valence-electron chi connectivity index (χ2n) is 14.3. The van der Waals surface area contributed by atoms with Crippen molar-refractivity contribution < 1.29 is 0 Å². The molecule has 1 atom stereocenters. The first kappa shape index (κ1) is 29.0. The molecule has 0 nitrogen and oxygen atoms in total. The summed E-state index contributed by atoms with van der Waals surface area (Å²) in [7, 11) is -0.239. The van der Waals surface area contributed by atoms with Crippen molar-refractivity contribution in [3.05, 3.63) is 175 Å². The third kappa shape index (κ3) is 4.57. The van der Waals surface area contributed by atoms with Crippen molar-refractivity contribution in [3.8, 4) is 33.4 Å². The molecular formula is C50H33P. The number of hydrogen-bond acceptors (Lipinski definition) is 0. The summed E-state index contributed by atoms with van der Waals surface area (Å²) in [5, 5.41) is 17.1. The molecule has 0 fully saturated rings. The number of hydrogen-bond donors (Lipinski definition) is 0. The predicted molar refractivity (Wildman–Crippen MR) is 224 cm³/mol. The van der Waals surface area contributed by atoms with Crippen LogP contribution >= 0.6 is 7.92 Å². The Morgan fingerprint density at radius 3 is 1.57 bits per heavy atom. The summed E-state index contributed by atoms with van der Waals surface area (Å²) >= 11 is 0. The van der Waals surface area contributed by atoms with Crippen molar-refractivity contribution in [1.29, 1.82) is 0 Å². The van der Waals surface area contributed by atoms with E-state index in [1.807, 2.05) is 0 Å². The zero-order valence-corrected chi connectivity index (χ0v) is 29.2. The maximum absolute atomic E-state index is 2.51. The average molecular weight is 665 g/mol. The molecule has 0 amide bonds. The van der Waals surface area contributed by atoms with E-state index in [1.165, 1.54) is 109 Å². The van der Waals surface area contributed by atoms with Crippen LogP contribution < -0.4 is 5.30 Å². The van der Waals surface area contributed by atoms with E-state index in [1.54, 1.807) is 0 Å². The van der Waals surface area contributed by atoms with Crippen LogP contribution in [0.3, 0.4) is 0 Å². The molecule has 10 aromatic carbocycles. The Morgan fingerprint density at radius 1 is 0.333 bits per heavy atom. The van der Waals surface area contributed by atoms with E-state index in [0.29, 0.717) is 0 Å². The van der Waals surface area contributed by atoms with Crippen LogP contribution in [0, 0.1) is 0 Å². The van der Waals surface area contributed by atoms with E-state index in [0.717, 1.165) is 6.16 Å². The van der Waals surface area contributed by atoms with E-state index in [-0.39, 0.29) is 7.92 Å². The maximum Gasteiger partial charge on any atom is -0.00289 e. The Morgan fingerprint density at radius 2 is 0.824 bits per heavy atom.